The number of rotatable bonds is 5. The summed E-state index contributed by atoms with van der Waals surface area (Å²) >= 11 is 1.05. The highest BCUT2D eigenvalue weighted by atomic mass is 32.2. The Morgan fingerprint density at radius 3 is 2.69 bits per heavy atom. The molecular weight excluding hydrogens is 360 g/mol. The summed E-state index contributed by atoms with van der Waals surface area (Å²) in [6.45, 7) is 3.55. The van der Waals surface area contributed by atoms with Crippen LogP contribution in [0.1, 0.15) is 12.5 Å². The van der Waals surface area contributed by atoms with Crippen LogP contribution in [0.4, 0.5) is 14.5 Å². The van der Waals surface area contributed by atoms with Gasteiger partial charge in [-0.15, -0.1) is 10.2 Å². The van der Waals surface area contributed by atoms with Crippen molar-refractivity contribution in [2.24, 2.45) is 0 Å². The van der Waals surface area contributed by atoms with Crippen LogP contribution in [0.2, 0.25) is 0 Å². The second kappa shape index (κ2) is 7.65. The van der Waals surface area contributed by atoms with Gasteiger partial charge >= 0.3 is 0 Å². The summed E-state index contributed by atoms with van der Waals surface area (Å²) < 4.78 is 32.1. The monoisotopic (exact) mass is 375 g/mol. The van der Waals surface area contributed by atoms with Crippen molar-refractivity contribution in [3.05, 3.63) is 59.7 Å². The molecule has 0 saturated heterocycles. The lowest BCUT2D eigenvalue weighted by molar-refractivity contribution is -0.115. The first kappa shape index (κ1) is 18.1. The molecule has 0 radical (unpaired) electrons. The van der Waals surface area contributed by atoms with Crippen molar-refractivity contribution in [2.75, 3.05) is 5.32 Å². The van der Waals surface area contributed by atoms with E-state index in [4.69, 9.17) is 4.42 Å². The maximum Gasteiger partial charge on any atom is 0.277 e. The summed E-state index contributed by atoms with van der Waals surface area (Å²) in [6, 6.07) is 10.5. The number of carbonyl (C=O) groups is 1. The summed E-state index contributed by atoms with van der Waals surface area (Å²) in [4.78, 5) is 12.2. The molecule has 1 amide bonds. The van der Waals surface area contributed by atoms with Gasteiger partial charge < -0.3 is 9.73 Å². The highest BCUT2D eigenvalue weighted by Crippen LogP contribution is 2.28. The summed E-state index contributed by atoms with van der Waals surface area (Å²) in [5.74, 6) is -1.65. The average molecular weight is 375 g/mol. The fourth-order valence-corrected chi connectivity index (χ4v) is 2.89. The van der Waals surface area contributed by atoms with Crippen LogP contribution in [0.15, 0.2) is 52.1 Å². The van der Waals surface area contributed by atoms with E-state index in [1.165, 1.54) is 6.07 Å². The number of aromatic nitrogens is 2. The van der Waals surface area contributed by atoms with E-state index in [1.807, 2.05) is 31.2 Å². The van der Waals surface area contributed by atoms with Crippen molar-refractivity contribution in [1.82, 2.24) is 10.2 Å². The fourth-order valence-electron chi connectivity index (χ4n) is 2.21. The van der Waals surface area contributed by atoms with Crippen molar-refractivity contribution >= 4 is 23.4 Å². The number of halogens is 2. The van der Waals surface area contributed by atoms with Crippen LogP contribution in [0, 0.1) is 18.6 Å². The third kappa shape index (κ3) is 4.08. The van der Waals surface area contributed by atoms with Crippen molar-refractivity contribution in [2.45, 2.75) is 24.3 Å². The number of amides is 1. The van der Waals surface area contributed by atoms with E-state index < -0.39 is 22.8 Å². The lowest BCUT2D eigenvalue weighted by Gasteiger charge is -2.10. The second-order valence-corrected chi connectivity index (χ2v) is 6.85. The van der Waals surface area contributed by atoms with Gasteiger partial charge in [-0.2, -0.15) is 0 Å². The van der Waals surface area contributed by atoms with Gasteiger partial charge in [-0.25, -0.2) is 8.78 Å². The Balaban J connectivity index is 1.67. The predicted molar refractivity (Wildman–Crippen MR) is 94.8 cm³/mol. The molecule has 5 nitrogen and oxygen atoms in total. The zero-order valence-corrected chi connectivity index (χ0v) is 14.8. The molecule has 0 unspecified atom stereocenters. The molecule has 3 rings (SSSR count). The number of nitrogens with zero attached hydrogens (tertiary/aromatic N) is 2. The molecule has 26 heavy (non-hydrogen) atoms. The largest absolute Gasteiger partial charge is 0.411 e. The van der Waals surface area contributed by atoms with Crippen LogP contribution in [0.5, 0.6) is 0 Å². The summed E-state index contributed by atoms with van der Waals surface area (Å²) in [5.41, 5.74) is 1.72. The van der Waals surface area contributed by atoms with Crippen LogP contribution < -0.4 is 5.32 Å². The third-order valence-corrected chi connectivity index (χ3v) is 4.55. The highest BCUT2D eigenvalue weighted by molar-refractivity contribution is 8.00. The van der Waals surface area contributed by atoms with Gasteiger partial charge in [-0.05, 0) is 37.6 Å². The first-order chi connectivity index (χ1) is 12.4. The summed E-state index contributed by atoms with van der Waals surface area (Å²) in [7, 11) is 0. The zero-order valence-electron chi connectivity index (χ0n) is 14.0. The minimum Gasteiger partial charge on any atom is -0.411 e. The Morgan fingerprint density at radius 1 is 1.19 bits per heavy atom. The zero-order chi connectivity index (χ0) is 18.7. The predicted octanol–water partition coefficient (Wildman–Crippen LogP) is 4.44. The molecule has 0 saturated carbocycles. The Labute approximate surface area is 152 Å². The minimum absolute atomic E-state index is 0.0880. The molecule has 3 aromatic rings. The third-order valence-electron chi connectivity index (χ3n) is 3.62. The number of hydrogen-bond donors (Lipinski definition) is 1. The number of aryl methyl sites for hydroxylation is 1. The normalized spacial score (nSPS) is 12.0. The van der Waals surface area contributed by atoms with E-state index in [0.29, 0.717) is 12.0 Å². The van der Waals surface area contributed by atoms with Crippen molar-refractivity contribution in [3.8, 4) is 11.5 Å². The van der Waals surface area contributed by atoms with Gasteiger partial charge in [0.2, 0.25) is 11.8 Å². The van der Waals surface area contributed by atoms with Gasteiger partial charge in [0.05, 0.1) is 10.9 Å². The molecule has 0 fully saturated rings. The molecule has 0 bridgehead atoms. The van der Waals surface area contributed by atoms with Gasteiger partial charge in [0.25, 0.3) is 5.22 Å². The van der Waals surface area contributed by atoms with E-state index in [2.05, 4.69) is 15.5 Å². The molecule has 0 aliphatic heterocycles. The molecular formula is C18H15F2N3O2S. The van der Waals surface area contributed by atoms with E-state index in [0.717, 1.165) is 29.0 Å². The van der Waals surface area contributed by atoms with Gasteiger partial charge in [0.1, 0.15) is 11.6 Å². The van der Waals surface area contributed by atoms with Crippen LogP contribution in [-0.2, 0) is 4.79 Å². The molecule has 1 N–H and O–H groups in total. The highest BCUT2D eigenvalue weighted by Gasteiger charge is 2.20. The van der Waals surface area contributed by atoms with Crippen LogP contribution >= 0.6 is 11.8 Å². The maximum absolute atomic E-state index is 13.6. The molecule has 2 aromatic carbocycles. The quantitative estimate of drug-likeness (QED) is 0.668. The molecule has 0 aliphatic rings. The lowest BCUT2D eigenvalue weighted by atomic mass is 10.1. The molecule has 8 heteroatoms. The fraction of sp³-hybridized carbons (Fsp3) is 0.167. The number of hydrogen-bond acceptors (Lipinski definition) is 5. The van der Waals surface area contributed by atoms with Crippen molar-refractivity contribution in [3.63, 3.8) is 0 Å². The first-order valence-electron chi connectivity index (χ1n) is 7.76. The lowest BCUT2D eigenvalue weighted by Crippen LogP contribution is -2.23. The summed E-state index contributed by atoms with van der Waals surface area (Å²) in [6.07, 6.45) is 0. The Hall–Kier alpha value is -2.74. The Morgan fingerprint density at radius 2 is 1.96 bits per heavy atom. The second-order valence-electron chi connectivity index (χ2n) is 5.56. The minimum atomic E-state index is -0.838. The smallest absolute Gasteiger partial charge is 0.277 e. The topological polar surface area (TPSA) is 68.0 Å². The first-order valence-corrected chi connectivity index (χ1v) is 8.64. The molecule has 134 valence electrons. The van der Waals surface area contributed by atoms with E-state index in [-0.39, 0.29) is 10.9 Å². The van der Waals surface area contributed by atoms with Gasteiger partial charge in [0.15, 0.2) is 0 Å². The number of carbonyl (C=O) groups excluding carboxylic acids is 1. The van der Waals surface area contributed by atoms with Crippen LogP contribution in [-0.4, -0.2) is 21.4 Å². The van der Waals surface area contributed by atoms with Crippen LogP contribution in [0.25, 0.3) is 11.5 Å². The molecule has 1 heterocycles. The van der Waals surface area contributed by atoms with E-state index >= 15 is 0 Å². The number of thioether (sulfide) groups is 1. The van der Waals surface area contributed by atoms with Gasteiger partial charge in [0, 0.05) is 11.6 Å². The summed E-state index contributed by atoms with van der Waals surface area (Å²) in [5, 5.41) is 9.95. The van der Waals surface area contributed by atoms with E-state index in [1.54, 1.807) is 6.92 Å². The van der Waals surface area contributed by atoms with Crippen molar-refractivity contribution in [1.29, 1.82) is 0 Å². The van der Waals surface area contributed by atoms with Gasteiger partial charge in [-0.3, -0.25) is 4.79 Å². The molecule has 1 aromatic heterocycles. The van der Waals surface area contributed by atoms with Gasteiger partial charge in [-0.1, -0.05) is 30.0 Å². The standard InChI is InChI=1S/C18H15F2N3O2S/c1-10-5-3-4-6-13(10)17-22-23-18(25-17)26-11(2)16(24)21-15-8-7-12(19)9-14(15)20/h3-9,11H,1-2H3,(H,21,24)/t11-/m1/s1. The SMILES string of the molecule is Cc1ccccc1-c1nnc(S[C@H](C)C(=O)Nc2ccc(F)cc2F)o1. The van der Waals surface area contributed by atoms with Crippen molar-refractivity contribution < 1.29 is 18.0 Å². The molecule has 0 aliphatic carbocycles. The molecule has 0 spiro atoms. The Kier molecular flexibility index (Phi) is 5.32. The maximum atomic E-state index is 13.6. The Bertz CT molecular complexity index is 946. The number of benzene rings is 2. The van der Waals surface area contributed by atoms with Crippen LogP contribution in [0.3, 0.4) is 0 Å². The average Bonchev–Trinajstić information content (AvgIpc) is 3.06. The number of nitrogens with one attached hydrogen (secondary N) is 1. The number of anilines is 1. The molecule has 1 atom stereocenters. The van der Waals surface area contributed by atoms with E-state index in [9.17, 15) is 13.6 Å².